The van der Waals surface area contributed by atoms with E-state index >= 15 is 0 Å². The topological polar surface area (TPSA) is 84.3 Å². The minimum absolute atomic E-state index is 0.0530. The van der Waals surface area contributed by atoms with Crippen molar-refractivity contribution in [1.29, 1.82) is 0 Å². The average Bonchev–Trinajstić information content (AvgIpc) is 2.88. The molecule has 1 aliphatic carbocycles. The van der Waals surface area contributed by atoms with Crippen LogP contribution in [0.15, 0.2) is 12.1 Å². The summed E-state index contributed by atoms with van der Waals surface area (Å²) >= 11 is 0. The Morgan fingerprint density at radius 2 is 2.17 bits per heavy atom. The van der Waals surface area contributed by atoms with Crippen molar-refractivity contribution < 1.29 is 14.6 Å². The fourth-order valence-corrected chi connectivity index (χ4v) is 2.00. The van der Waals surface area contributed by atoms with Crippen LogP contribution in [0.2, 0.25) is 0 Å². The van der Waals surface area contributed by atoms with E-state index in [0.717, 1.165) is 12.8 Å². The summed E-state index contributed by atoms with van der Waals surface area (Å²) in [6.07, 6.45) is 5.26. The van der Waals surface area contributed by atoms with Gasteiger partial charge >= 0.3 is 5.97 Å². The van der Waals surface area contributed by atoms with Crippen LogP contribution >= 0.6 is 0 Å². The third-order valence-corrected chi connectivity index (χ3v) is 2.95. The molecule has 2 N–H and O–H groups in total. The minimum Gasteiger partial charge on any atom is -0.476 e. The van der Waals surface area contributed by atoms with Crippen molar-refractivity contribution in [2.24, 2.45) is 0 Å². The lowest BCUT2D eigenvalue weighted by Gasteiger charge is -2.11. The zero-order chi connectivity index (χ0) is 12.8. The first-order chi connectivity index (χ1) is 8.75. The van der Waals surface area contributed by atoms with Crippen LogP contribution in [-0.4, -0.2) is 40.5 Å². The molecule has 0 aliphatic heterocycles. The van der Waals surface area contributed by atoms with Gasteiger partial charge in [0.15, 0.2) is 5.69 Å². The van der Waals surface area contributed by atoms with Gasteiger partial charge in [0.2, 0.25) is 0 Å². The van der Waals surface area contributed by atoms with Gasteiger partial charge in [0.05, 0.1) is 12.7 Å². The number of carboxylic acids is 1. The summed E-state index contributed by atoms with van der Waals surface area (Å²) in [5, 5.41) is 19.1. The van der Waals surface area contributed by atoms with Crippen LogP contribution in [-0.2, 0) is 4.74 Å². The monoisotopic (exact) mass is 251 g/mol. The van der Waals surface area contributed by atoms with E-state index in [2.05, 4.69) is 15.5 Å². The predicted octanol–water partition coefficient (Wildman–Crippen LogP) is 1.55. The number of hydrogen-bond acceptors (Lipinski definition) is 5. The summed E-state index contributed by atoms with van der Waals surface area (Å²) in [6.45, 7) is 1.28. The van der Waals surface area contributed by atoms with Crippen molar-refractivity contribution in [1.82, 2.24) is 10.2 Å². The zero-order valence-electron chi connectivity index (χ0n) is 10.1. The average molecular weight is 251 g/mol. The highest BCUT2D eigenvalue weighted by molar-refractivity contribution is 5.85. The molecule has 1 heterocycles. The molecule has 0 bridgehead atoms. The molecule has 0 unspecified atom stereocenters. The molecule has 18 heavy (non-hydrogen) atoms. The smallest absolute Gasteiger partial charge is 0.356 e. The summed E-state index contributed by atoms with van der Waals surface area (Å²) in [5.74, 6) is -0.506. The van der Waals surface area contributed by atoms with Gasteiger partial charge in [-0.1, -0.05) is 12.8 Å². The molecule has 0 atom stereocenters. The number of hydrogen-bond donors (Lipinski definition) is 2. The molecule has 1 aliphatic rings. The fraction of sp³-hybridized carbons (Fsp3) is 0.583. The first-order valence-electron chi connectivity index (χ1n) is 6.18. The zero-order valence-corrected chi connectivity index (χ0v) is 10.1. The number of carboxylic acid groups (broad SMARTS) is 1. The van der Waals surface area contributed by atoms with Gasteiger partial charge in [0.25, 0.3) is 0 Å². The first kappa shape index (κ1) is 12.8. The third kappa shape index (κ3) is 3.66. The van der Waals surface area contributed by atoms with E-state index in [1.165, 1.54) is 18.9 Å². The summed E-state index contributed by atoms with van der Waals surface area (Å²) in [4.78, 5) is 10.6. The summed E-state index contributed by atoms with van der Waals surface area (Å²) in [6, 6.07) is 3.03. The van der Waals surface area contributed by atoms with Crippen LogP contribution in [0.5, 0.6) is 0 Å². The van der Waals surface area contributed by atoms with Gasteiger partial charge in [0, 0.05) is 6.54 Å². The summed E-state index contributed by atoms with van der Waals surface area (Å²) in [7, 11) is 0. The molecular weight excluding hydrogens is 234 g/mol. The lowest BCUT2D eigenvalue weighted by Crippen LogP contribution is -2.16. The van der Waals surface area contributed by atoms with Crippen molar-refractivity contribution in [3.63, 3.8) is 0 Å². The quantitative estimate of drug-likeness (QED) is 0.746. The van der Waals surface area contributed by atoms with Crippen molar-refractivity contribution >= 4 is 11.8 Å². The number of anilines is 1. The van der Waals surface area contributed by atoms with Crippen LogP contribution in [0.3, 0.4) is 0 Å². The molecule has 0 spiro atoms. The van der Waals surface area contributed by atoms with Crippen molar-refractivity contribution in [2.75, 3.05) is 18.5 Å². The molecule has 1 aromatic rings. The molecule has 0 saturated heterocycles. The Hall–Kier alpha value is -1.69. The molecule has 98 valence electrons. The van der Waals surface area contributed by atoms with E-state index in [1.807, 2.05) is 0 Å². The van der Waals surface area contributed by atoms with Crippen LogP contribution in [0, 0.1) is 0 Å². The Labute approximate surface area is 105 Å². The normalized spacial score (nSPS) is 15.8. The second kappa shape index (κ2) is 6.30. The molecule has 0 radical (unpaired) electrons. The van der Waals surface area contributed by atoms with Crippen molar-refractivity contribution in [2.45, 2.75) is 31.8 Å². The number of aromatic carboxylic acids is 1. The SMILES string of the molecule is O=C(O)c1ccc(NCCOC2CCCC2)nn1. The minimum atomic E-state index is -1.07. The number of nitrogens with zero attached hydrogens (tertiary/aromatic N) is 2. The van der Waals surface area contributed by atoms with E-state index in [4.69, 9.17) is 9.84 Å². The molecule has 6 nitrogen and oxygen atoms in total. The van der Waals surface area contributed by atoms with E-state index < -0.39 is 5.97 Å². The molecule has 1 saturated carbocycles. The van der Waals surface area contributed by atoms with Gasteiger partial charge in [-0.3, -0.25) is 0 Å². The molecule has 0 aromatic carbocycles. The van der Waals surface area contributed by atoms with Crippen LogP contribution in [0.1, 0.15) is 36.2 Å². The maximum atomic E-state index is 10.6. The maximum absolute atomic E-state index is 10.6. The highest BCUT2D eigenvalue weighted by Gasteiger charge is 2.14. The number of ether oxygens (including phenoxy) is 1. The van der Waals surface area contributed by atoms with Crippen molar-refractivity contribution in [3.05, 3.63) is 17.8 Å². The summed E-state index contributed by atoms with van der Waals surface area (Å²) in [5.41, 5.74) is -0.0530. The largest absolute Gasteiger partial charge is 0.476 e. The van der Waals surface area contributed by atoms with Crippen LogP contribution in [0.25, 0.3) is 0 Å². The highest BCUT2D eigenvalue weighted by atomic mass is 16.5. The molecule has 1 aromatic heterocycles. The van der Waals surface area contributed by atoms with Crippen molar-refractivity contribution in [3.8, 4) is 0 Å². The predicted molar refractivity (Wildman–Crippen MR) is 65.7 cm³/mol. The lowest BCUT2D eigenvalue weighted by molar-refractivity contribution is 0.0657. The Kier molecular flexibility index (Phi) is 4.46. The van der Waals surface area contributed by atoms with E-state index in [9.17, 15) is 4.79 Å². The van der Waals surface area contributed by atoms with Gasteiger partial charge in [-0.05, 0) is 25.0 Å². The van der Waals surface area contributed by atoms with Crippen LogP contribution < -0.4 is 5.32 Å². The Morgan fingerprint density at radius 3 is 2.78 bits per heavy atom. The van der Waals surface area contributed by atoms with Gasteiger partial charge in [0.1, 0.15) is 5.82 Å². The van der Waals surface area contributed by atoms with Gasteiger partial charge in [-0.2, -0.15) is 0 Å². The lowest BCUT2D eigenvalue weighted by atomic mass is 10.3. The molecule has 6 heteroatoms. The maximum Gasteiger partial charge on any atom is 0.356 e. The Balaban J connectivity index is 1.68. The first-order valence-corrected chi connectivity index (χ1v) is 6.18. The van der Waals surface area contributed by atoms with E-state index in [-0.39, 0.29) is 5.69 Å². The van der Waals surface area contributed by atoms with E-state index in [1.54, 1.807) is 6.07 Å². The Morgan fingerprint density at radius 1 is 1.39 bits per heavy atom. The van der Waals surface area contributed by atoms with Gasteiger partial charge < -0.3 is 15.2 Å². The standard InChI is InChI=1S/C12H17N3O3/c16-12(17)10-5-6-11(15-14-10)13-7-8-18-9-3-1-2-4-9/h5-6,9H,1-4,7-8H2,(H,13,15)(H,16,17). The molecule has 1 fully saturated rings. The number of nitrogens with one attached hydrogen (secondary N) is 1. The number of carbonyl (C=O) groups is 1. The fourth-order valence-electron chi connectivity index (χ4n) is 2.00. The van der Waals surface area contributed by atoms with Gasteiger partial charge in [-0.15, -0.1) is 10.2 Å². The molecule has 2 rings (SSSR count). The van der Waals surface area contributed by atoms with Gasteiger partial charge in [-0.25, -0.2) is 4.79 Å². The number of rotatable bonds is 6. The second-order valence-electron chi connectivity index (χ2n) is 4.31. The number of aromatic nitrogens is 2. The third-order valence-electron chi connectivity index (χ3n) is 2.95. The second-order valence-corrected chi connectivity index (χ2v) is 4.31. The highest BCUT2D eigenvalue weighted by Crippen LogP contribution is 2.20. The van der Waals surface area contributed by atoms with Crippen LogP contribution in [0.4, 0.5) is 5.82 Å². The summed E-state index contributed by atoms with van der Waals surface area (Å²) < 4.78 is 5.68. The molecular formula is C12H17N3O3. The Bertz CT molecular complexity index is 388. The molecule has 0 amide bonds. The van der Waals surface area contributed by atoms with E-state index in [0.29, 0.717) is 25.1 Å².